The SMILES string of the molecule is CCOP(=O)(O)C(C)(F)F. The summed E-state index contributed by atoms with van der Waals surface area (Å²) in [6, 6.07) is 0. The van der Waals surface area contributed by atoms with Gasteiger partial charge in [-0.1, -0.05) is 0 Å². The summed E-state index contributed by atoms with van der Waals surface area (Å²) in [5.74, 6) is 0. The highest BCUT2D eigenvalue weighted by Crippen LogP contribution is 2.56. The van der Waals surface area contributed by atoms with Gasteiger partial charge in [-0.05, 0) is 6.92 Å². The Labute approximate surface area is 57.5 Å². The van der Waals surface area contributed by atoms with Gasteiger partial charge in [-0.25, -0.2) is 0 Å². The Hall–Kier alpha value is 0.01000. The van der Waals surface area contributed by atoms with Crippen molar-refractivity contribution in [3.05, 3.63) is 0 Å². The van der Waals surface area contributed by atoms with Crippen LogP contribution in [-0.2, 0) is 9.09 Å². The van der Waals surface area contributed by atoms with Gasteiger partial charge >= 0.3 is 13.3 Å². The molecule has 0 aliphatic heterocycles. The predicted molar refractivity (Wildman–Crippen MR) is 32.1 cm³/mol. The molecular weight excluding hydrogens is 165 g/mol. The number of rotatable bonds is 3. The van der Waals surface area contributed by atoms with Crippen molar-refractivity contribution in [3.8, 4) is 0 Å². The summed E-state index contributed by atoms with van der Waals surface area (Å²) >= 11 is 0. The van der Waals surface area contributed by atoms with Crippen LogP contribution in [0.15, 0.2) is 0 Å². The molecular formula is C4H9F2O3P. The van der Waals surface area contributed by atoms with Crippen molar-refractivity contribution >= 4 is 7.60 Å². The van der Waals surface area contributed by atoms with Crippen LogP contribution in [0.1, 0.15) is 13.8 Å². The minimum absolute atomic E-state index is 0.197. The molecule has 0 aliphatic rings. The summed E-state index contributed by atoms with van der Waals surface area (Å²) in [4.78, 5) is 8.43. The maximum absolute atomic E-state index is 12.0. The molecule has 0 aromatic heterocycles. The van der Waals surface area contributed by atoms with Gasteiger partial charge in [0.15, 0.2) is 0 Å². The number of hydrogen-bond acceptors (Lipinski definition) is 2. The molecule has 6 heteroatoms. The van der Waals surface area contributed by atoms with E-state index in [0.717, 1.165) is 0 Å². The van der Waals surface area contributed by atoms with E-state index in [1.54, 1.807) is 0 Å². The lowest BCUT2D eigenvalue weighted by atomic mass is 10.9. The molecule has 0 saturated heterocycles. The second-order valence-electron chi connectivity index (χ2n) is 1.78. The number of hydrogen-bond donors (Lipinski definition) is 1. The first-order valence-corrected chi connectivity index (χ1v) is 4.24. The Kier molecular flexibility index (Phi) is 2.95. The maximum atomic E-state index is 12.0. The van der Waals surface area contributed by atoms with Crippen LogP contribution >= 0.6 is 7.60 Å². The minimum atomic E-state index is -4.71. The van der Waals surface area contributed by atoms with Gasteiger partial charge in [-0.2, -0.15) is 8.78 Å². The Bertz CT molecular complexity index is 153. The molecule has 10 heavy (non-hydrogen) atoms. The summed E-state index contributed by atoms with van der Waals surface area (Å²) in [6.07, 6.45) is 0. The van der Waals surface area contributed by atoms with Gasteiger partial charge in [0.05, 0.1) is 6.61 Å². The van der Waals surface area contributed by atoms with E-state index in [2.05, 4.69) is 4.52 Å². The molecule has 1 atom stereocenters. The van der Waals surface area contributed by atoms with Crippen molar-refractivity contribution in [2.75, 3.05) is 6.61 Å². The summed E-state index contributed by atoms with van der Waals surface area (Å²) in [7, 11) is -4.71. The molecule has 0 rings (SSSR count). The molecule has 0 saturated carbocycles. The molecule has 0 fully saturated rings. The zero-order valence-electron chi connectivity index (χ0n) is 5.67. The lowest BCUT2D eigenvalue weighted by Gasteiger charge is -2.16. The van der Waals surface area contributed by atoms with E-state index < -0.39 is 13.3 Å². The van der Waals surface area contributed by atoms with Gasteiger partial charge in [0.25, 0.3) is 0 Å². The zero-order chi connectivity index (χ0) is 8.41. The first-order chi connectivity index (χ1) is 4.31. The smallest absolute Gasteiger partial charge is 0.320 e. The Morgan fingerprint density at radius 3 is 2.20 bits per heavy atom. The molecule has 0 radical (unpaired) electrons. The molecule has 0 aliphatic carbocycles. The van der Waals surface area contributed by atoms with Crippen molar-refractivity contribution in [3.63, 3.8) is 0 Å². The fourth-order valence-corrected chi connectivity index (χ4v) is 0.865. The summed E-state index contributed by atoms with van der Waals surface area (Å²) in [5.41, 5.74) is -3.66. The van der Waals surface area contributed by atoms with Crippen LogP contribution in [0.2, 0.25) is 0 Å². The van der Waals surface area contributed by atoms with E-state index in [0.29, 0.717) is 6.92 Å². The maximum Gasteiger partial charge on any atom is 0.396 e. The molecule has 0 spiro atoms. The molecule has 0 aromatic carbocycles. The average Bonchev–Trinajstić information content (AvgIpc) is 1.61. The van der Waals surface area contributed by atoms with E-state index in [9.17, 15) is 13.3 Å². The van der Waals surface area contributed by atoms with Crippen LogP contribution < -0.4 is 0 Å². The number of alkyl halides is 2. The van der Waals surface area contributed by atoms with Crippen LogP contribution in [-0.4, -0.2) is 17.2 Å². The fraction of sp³-hybridized carbons (Fsp3) is 1.00. The zero-order valence-corrected chi connectivity index (χ0v) is 6.57. The third kappa shape index (κ3) is 2.33. The average molecular weight is 174 g/mol. The molecule has 0 bridgehead atoms. The summed E-state index contributed by atoms with van der Waals surface area (Å²) < 4.78 is 38.5. The van der Waals surface area contributed by atoms with Crippen LogP contribution in [0.5, 0.6) is 0 Å². The van der Waals surface area contributed by atoms with Gasteiger partial charge in [-0.3, -0.25) is 4.57 Å². The van der Waals surface area contributed by atoms with Crippen LogP contribution in [0.4, 0.5) is 8.78 Å². The normalized spacial score (nSPS) is 18.5. The van der Waals surface area contributed by atoms with E-state index >= 15 is 0 Å². The molecule has 62 valence electrons. The highest BCUT2D eigenvalue weighted by molar-refractivity contribution is 7.54. The van der Waals surface area contributed by atoms with E-state index in [1.807, 2.05) is 0 Å². The quantitative estimate of drug-likeness (QED) is 0.663. The third-order valence-corrected chi connectivity index (χ3v) is 2.40. The standard InChI is InChI=1S/C4H9F2O3P/c1-3-9-10(7,8)4(2,5)6/h3H2,1-2H3,(H,7,8). The van der Waals surface area contributed by atoms with Crippen LogP contribution in [0, 0.1) is 0 Å². The van der Waals surface area contributed by atoms with Gasteiger partial charge in [-0.15, -0.1) is 0 Å². The van der Waals surface area contributed by atoms with Gasteiger partial charge in [0.1, 0.15) is 0 Å². The second-order valence-corrected chi connectivity index (χ2v) is 3.86. The first kappa shape index (κ1) is 10.0. The van der Waals surface area contributed by atoms with Gasteiger partial charge in [0.2, 0.25) is 0 Å². The van der Waals surface area contributed by atoms with Crippen LogP contribution in [0.3, 0.4) is 0 Å². The van der Waals surface area contributed by atoms with E-state index in [-0.39, 0.29) is 6.61 Å². The predicted octanol–water partition coefficient (Wildman–Crippen LogP) is 1.82. The fourth-order valence-electron chi connectivity index (χ4n) is 0.288. The Morgan fingerprint density at radius 1 is 1.70 bits per heavy atom. The van der Waals surface area contributed by atoms with Crippen molar-refractivity contribution < 1.29 is 22.8 Å². The molecule has 1 N–H and O–H groups in total. The topological polar surface area (TPSA) is 46.5 Å². The third-order valence-electron chi connectivity index (χ3n) is 0.800. The monoisotopic (exact) mass is 174 g/mol. The van der Waals surface area contributed by atoms with Crippen molar-refractivity contribution in [2.45, 2.75) is 19.5 Å². The summed E-state index contributed by atoms with van der Waals surface area (Å²) in [5, 5.41) is 0. The lowest BCUT2D eigenvalue weighted by molar-refractivity contribution is 0.0674. The lowest BCUT2D eigenvalue weighted by Crippen LogP contribution is -2.12. The highest BCUT2D eigenvalue weighted by atomic mass is 31.2. The van der Waals surface area contributed by atoms with Crippen LogP contribution in [0.25, 0.3) is 0 Å². The van der Waals surface area contributed by atoms with Crippen molar-refractivity contribution in [2.24, 2.45) is 0 Å². The minimum Gasteiger partial charge on any atom is -0.320 e. The largest absolute Gasteiger partial charge is 0.396 e. The molecule has 0 heterocycles. The Morgan fingerprint density at radius 2 is 2.10 bits per heavy atom. The highest BCUT2D eigenvalue weighted by Gasteiger charge is 2.45. The van der Waals surface area contributed by atoms with E-state index in [4.69, 9.17) is 4.89 Å². The van der Waals surface area contributed by atoms with Gasteiger partial charge < -0.3 is 9.42 Å². The second kappa shape index (κ2) is 2.95. The molecule has 3 nitrogen and oxygen atoms in total. The Balaban J connectivity index is 4.26. The number of halogens is 2. The first-order valence-electron chi connectivity index (χ1n) is 2.66. The summed E-state index contributed by atoms with van der Waals surface area (Å²) in [6.45, 7) is 1.52. The van der Waals surface area contributed by atoms with Crippen molar-refractivity contribution in [1.82, 2.24) is 0 Å². The van der Waals surface area contributed by atoms with Gasteiger partial charge in [0, 0.05) is 6.92 Å². The van der Waals surface area contributed by atoms with Crippen molar-refractivity contribution in [1.29, 1.82) is 0 Å². The molecule has 1 unspecified atom stereocenters. The van der Waals surface area contributed by atoms with E-state index in [1.165, 1.54) is 6.92 Å². The molecule has 0 aromatic rings. The molecule has 0 amide bonds.